The molecule has 0 aliphatic rings. The lowest BCUT2D eigenvalue weighted by Crippen LogP contribution is -2.31. The maximum absolute atomic E-state index is 5.99. The lowest BCUT2D eigenvalue weighted by Gasteiger charge is -2.26. The van der Waals surface area contributed by atoms with E-state index in [-0.39, 0.29) is 5.54 Å². The fourth-order valence-corrected chi connectivity index (χ4v) is 1.62. The van der Waals surface area contributed by atoms with Crippen LogP contribution in [0.2, 0.25) is 5.02 Å². The average Bonchev–Trinajstić information content (AvgIpc) is 2.12. The molecule has 0 aromatic carbocycles. The van der Waals surface area contributed by atoms with Gasteiger partial charge in [0.05, 0.1) is 0 Å². The number of nitrogens with one attached hydrogen (secondary N) is 1. The molecule has 0 amide bonds. The summed E-state index contributed by atoms with van der Waals surface area (Å²) in [6.45, 7) is 6.34. The number of hydrogen-bond acceptors (Lipinski definition) is 4. The Kier molecular flexibility index (Phi) is 3.74. The Bertz CT molecular complexity index is 338. The monoisotopic (exact) mass is 228 g/mol. The number of nitrogen functional groups attached to an aromatic ring is 1. The van der Waals surface area contributed by atoms with Crippen molar-refractivity contribution >= 4 is 23.2 Å². The molecule has 3 N–H and O–H groups in total. The Hall–Kier alpha value is -1.03. The Morgan fingerprint density at radius 1 is 1.47 bits per heavy atom. The standard InChI is InChI=1S/C10H17ClN4/c1-4-5-10(2,3)15-9-7(11)8(12)13-6-14-9/h6H,4-5H2,1-3H3,(H3,12,13,14,15). The van der Waals surface area contributed by atoms with Crippen molar-refractivity contribution in [3.63, 3.8) is 0 Å². The Morgan fingerprint density at radius 2 is 2.13 bits per heavy atom. The third kappa shape index (κ3) is 3.23. The van der Waals surface area contributed by atoms with Crippen molar-refractivity contribution < 1.29 is 0 Å². The topological polar surface area (TPSA) is 63.8 Å². The maximum Gasteiger partial charge on any atom is 0.150 e. The second kappa shape index (κ2) is 4.66. The molecule has 1 aromatic heterocycles. The van der Waals surface area contributed by atoms with E-state index in [0.29, 0.717) is 16.7 Å². The summed E-state index contributed by atoms with van der Waals surface area (Å²) in [4.78, 5) is 7.88. The van der Waals surface area contributed by atoms with Crippen molar-refractivity contribution in [2.24, 2.45) is 0 Å². The zero-order valence-corrected chi connectivity index (χ0v) is 10.1. The molecule has 0 spiro atoms. The minimum Gasteiger partial charge on any atom is -0.382 e. The van der Waals surface area contributed by atoms with Crippen molar-refractivity contribution in [2.75, 3.05) is 11.1 Å². The highest BCUT2D eigenvalue weighted by Crippen LogP contribution is 2.27. The third-order valence-electron chi connectivity index (χ3n) is 2.15. The predicted molar refractivity (Wildman–Crippen MR) is 64.1 cm³/mol. The van der Waals surface area contributed by atoms with Gasteiger partial charge in [-0.1, -0.05) is 24.9 Å². The van der Waals surface area contributed by atoms with Gasteiger partial charge in [0.2, 0.25) is 0 Å². The van der Waals surface area contributed by atoms with Gasteiger partial charge in [0.25, 0.3) is 0 Å². The molecule has 0 unspecified atom stereocenters. The summed E-state index contributed by atoms with van der Waals surface area (Å²) in [5, 5.41) is 3.66. The smallest absolute Gasteiger partial charge is 0.150 e. The van der Waals surface area contributed by atoms with Gasteiger partial charge >= 0.3 is 0 Å². The summed E-state index contributed by atoms with van der Waals surface area (Å²) in [6.07, 6.45) is 3.54. The van der Waals surface area contributed by atoms with Crippen LogP contribution in [0.25, 0.3) is 0 Å². The van der Waals surface area contributed by atoms with Gasteiger partial charge in [-0.15, -0.1) is 0 Å². The first-order valence-corrected chi connectivity index (χ1v) is 5.38. The molecule has 0 radical (unpaired) electrons. The van der Waals surface area contributed by atoms with Gasteiger partial charge in [-0.3, -0.25) is 0 Å². The van der Waals surface area contributed by atoms with Crippen LogP contribution in [-0.2, 0) is 0 Å². The molecule has 15 heavy (non-hydrogen) atoms. The van der Waals surface area contributed by atoms with Crippen LogP contribution in [0.4, 0.5) is 11.6 Å². The van der Waals surface area contributed by atoms with Crippen molar-refractivity contribution in [2.45, 2.75) is 39.2 Å². The van der Waals surface area contributed by atoms with E-state index >= 15 is 0 Å². The number of rotatable bonds is 4. The molecule has 0 saturated heterocycles. The summed E-state index contributed by atoms with van der Waals surface area (Å²) < 4.78 is 0. The molecular weight excluding hydrogens is 212 g/mol. The largest absolute Gasteiger partial charge is 0.382 e. The van der Waals surface area contributed by atoms with Crippen LogP contribution in [0, 0.1) is 0 Å². The fourth-order valence-electron chi connectivity index (χ4n) is 1.48. The summed E-state index contributed by atoms with van der Waals surface area (Å²) in [6, 6.07) is 0. The van der Waals surface area contributed by atoms with E-state index in [4.69, 9.17) is 17.3 Å². The van der Waals surface area contributed by atoms with E-state index in [1.807, 2.05) is 0 Å². The highest BCUT2D eigenvalue weighted by molar-refractivity contribution is 6.35. The van der Waals surface area contributed by atoms with Crippen molar-refractivity contribution in [3.8, 4) is 0 Å². The van der Waals surface area contributed by atoms with Gasteiger partial charge in [0.1, 0.15) is 17.2 Å². The quantitative estimate of drug-likeness (QED) is 0.832. The molecule has 1 aromatic rings. The zero-order valence-electron chi connectivity index (χ0n) is 9.34. The molecule has 0 aliphatic heterocycles. The van der Waals surface area contributed by atoms with Crippen molar-refractivity contribution in [1.82, 2.24) is 9.97 Å². The van der Waals surface area contributed by atoms with Gasteiger partial charge in [-0.05, 0) is 20.3 Å². The fraction of sp³-hybridized carbons (Fsp3) is 0.600. The molecule has 0 aliphatic carbocycles. The minimum atomic E-state index is -0.0425. The van der Waals surface area contributed by atoms with Crippen LogP contribution in [0.5, 0.6) is 0 Å². The van der Waals surface area contributed by atoms with Crippen molar-refractivity contribution in [3.05, 3.63) is 11.3 Å². The van der Waals surface area contributed by atoms with Gasteiger partial charge in [0, 0.05) is 5.54 Å². The van der Waals surface area contributed by atoms with Crippen LogP contribution < -0.4 is 11.1 Å². The maximum atomic E-state index is 5.99. The predicted octanol–water partition coefficient (Wildman–Crippen LogP) is 2.70. The second-order valence-electron chi connectivity index (χ2n) is 4.18. The number of hydrogen-bond donors (Lipinski definition) is 2. The van der Waals surface area contributed by atoms with Crippen LogP contribution in [-0.4, -0.2) is 15.5 Å². The molecule has 5 heteroatoms. The summed E-state index contributed by atoms with van der Waals surface area (Å²) >= 11 is 5.99. The number of nitrogens with zero attached hydrogens (tertiary/aromatic N) is 2. The second-order valence-corrected chi connectivity index (χ2v) is 4.56. The minimum absolute atomic E-state index is 0.0425. The van der Waals surface area contributed by atoms with Crippen LogP contribution in [0.15, 0.2) is 6.33 Å². The number of aromatic nitrogens is 2. The molecule has 1 rings (SSSR count). The number of nitrogens with two attached hydrogens (primary N) is 1. The van der Waals surface area contributed by atoms with E-state index in [0.717, 1.165) is 12.8 Å². The molecule has 84 valence electrons. The normalized spacial score (nSPS) is 11.5. The zero-order chi connectivity index (χ0) is 11.5. The first-order chi connectivity index (χ1) is 6.96. The van der Waals surface area contributed by atoms with E-state index in [9.17, 15) is 0 Å². The molecule has 0 saturated carbocycles. The third-order valence-corrected chi connectivity index (χ3v) is 2.52. The van der Waals surface area contributed by atoms with Crippen LogP contribution in [0.3, 0.4) is 0 Å². The van der Waals surface area contributed by atoms with Gasteiger partial charge < -0.3 is 11.1 Å². The molecule has 0 bridgehead atoms. The first kappa shape index (κ1) is 12.0. The lowest BCUT2D eigenvalue weighted by atomic mass is 9.99. The number of anilines is 2. The van der Waals surface area contributed by atoms with E-state index < -0.39 is 0 Å². The molecule has 0 fully saturated rings. The van der Waals surface area contributed by atoms with E-state index in [2.05, 4.69) is 36.1 Å². The van der Waals surface area contributed by atoms with Crippen LogP contribution in [0.1, 0.15) is 33.6 Å². The number of halogens is 1. The Balaban J connectivity index is 2.85. The molecule has 0 atom stereocenters. The highest BCUT2D eigenvalue weighted by atomic mass is 35.5. The van der Waals surface area contributed by atoms with E-state index in [1.54, 1.807) is 0 Å². The van der Waals surface area contributed by atoms with Crippen LogP contribution >= 0.6 is 11.6 Å². The first-order valence-electron chi connectivity index (χ1n) is 5.00. The Labute approximate surface area is 95.3 Å². The molecular formula is C10H17ClN4. The average molecular weight is 229 g/mol. The van der Waals surface area contributed by atoms with E-state index in [1.165, 1.54) is 6.33 Å². The SMILES string of the molecule is CCCC(C)(C)Nc1ncnc(N)c1Cl. The van der Waals surface area contributed by atoms with Gasteiger partial charge in [0.15, 0.2) is 5.82 Å². The summed E-state index contributed by atoms with van der Waals surface area (Å²) in [5.74, 6) is 0.907. The van der Waals surface area contributed by atoms with Crippen molar-refractivity contribution in [1.29, 1.82) is 0 Å². The van der Waals surface area contributed by atoms with Gasteiger partial charge in [-0.2, -0.15) is 0 Å². The Morgan fingerprint density at radius 3 is 2.73 bits per heavy atom. The summed E-state index contributed by atoms with van der Waals surface area (Å²) in [5.41, 5.74) is 5.55. The lowest BCUT2D eigenvalue weighted by molar-refractivity contribution is 0.509. The highest BCUT2D eigenvalue weighted by Gasteiger charge is 2.18. The molecule has 4 nitrogen and oxygen atoms in total. The van der Waals surface area contributed by atoms with Gasteiger partial charge in [-0.25, -0.2) is 9.97 Å². The molecule has 1 heterocycles. The summed E-state index contributed by atoms with van der Waals surface area (Å²) in [7, 11) is 0.